The molecular weight excluding hydrogens is 319 g/mol. The van der Waals surface area contributed by atoms with E-state index in [4.69, 9.17) is 28.9 Å². The number of nitrogen functional groups attached to an aromatic ring is 1. The summed E-state index contributed by atoms with van der Waals surface area (Å²) >= 11 is 11.8. The number of hydrogen-bond acceptors (Lipinski definition) is 3. The Morgan fingerprint density at radius 3 is 2.45 bits per heavy atom. The number of benzene rings is 2. The monoisotopic (exact) mass is 330 g/mol. The Hall–Kier alpha value is -1.43. The molecule has 4 nitrogen and oxygen atoms in total. The van der Waals surface area contributed by atoms with Gasteiger partial charge in [-0.05, 0) is 36.8 Å². The number of rotatable bonds is 3. The van der Waals surface area contributed by atoms with Gasteiger partial charge in [0.2, 0.25) is 0 Å². The van der Waals surface area contributed by atoms with E-state index < -0.39 is 10.0 Å². The Bertz CT molecular complexity index is 738. The molecule has 0 aliphatic heterocycles. The molecule has 0 bridgehead atoms. The first-order valence-corrected chi connectivity index (χ1v) is 7.87. The lowest BCUT2D eigenvalue weighted by atomic mass is 10.2. The van der Waals surface area contributed by atoms with Crippen LogP contribution in [0.4, 0.5) is 11.4 Å². The minimum atomic E-state index is -3.75. The van der Waals surface area contributed by atoms with Crippen LogP contribution in [-0.2, 0) is 10.0 Å². The molecule has 0 radical (unpaired) electrons. The molecule has 106 valence electrons. The van der Waals surface area contributed by atoms with Crippen LogP contribution >= 0.6 is 23.2 Å². The van der Waals surface area contributed by atoms with Gasteiger partial charge in [-0.3, -0.25) is 4.72 Å². The molecule has 3 N–H and O–H groups in total. The van der Waals surface area contributed by atoms with E-state index >= 15 is 0 Å². The van der Waals surface area contributed by atoms with Crippen LogP contribution in [0.25, 0.3) is 0 Å². The largest absolute Gasteiger partial charge is 0.397 e. The van der Waals surface area contributed by atoms with Crippen LogP contribution in [0.2, 0.25) is 10.0 Å². The molecular formula is C13H12Cl2N2O2S. The fourth-order valence-electron chi connectivity index (χ4n) is 1.68. The predicted molar refractivity (Wildman–Crippen MR) is 82.9 cm³/mol. The third-order valence-corrected chi connectivity index (χ3v) is 4.49. The van der Waals surface area contributed by atoms with E-state index in [1.165, 1.54) is 18.2 Å². The smallest absolute Gasteiger partial charge is 0.262 e. The summed E-state index contributed by atoms with van der Waals surface area (Å²) in [5.74, 6) is 0. The molecule has 0 heterocycles. The number of nitrogens with two attached hydrogens (primary N) is 1. The van der Waals surface area contributed by atoms with Gasteiger partial charge in [-0.2, -0.15) is 0 Å². The van der Waals surface area contributed by atoms with Gasteiger partial charge in [-0.15, -0.1) is 0 Å². The Kier molecular flexibility index (Phi) is 4.13. The third-order valence-electron chi connectivity index (χ3n) is 2.62. The van der Waals surface area contributed by atoms with Crippen molar-refractivity contribution in [3.63, 3.8) is 0 Å². The van der Waals surface area contributed by atoms with Crippen LogP contribution in [-0.4, -0.2) is 8.42 Å². The molecule has 2 aromatic rings. The summed E-state index contributed by atoms with van der Waals surface area (Å²) in [5, 5.41) is 0.484. The molecule has 0 saturated carbocycles. The molecule has 0 spiro atoms. The van der Waals surface area contributed by atoms with Gasteiger partial charge in [0.1, 0.15) is 0 Å². The van der Waals surface area contributed by atoms with Crippen molar-refractivity contribution in [1.82, 2.24) is 0 Å². The standard InChI is InChI=1S/C13H12Cl2N2O2S/c1-8-3-2-4-10(5-8)20(18,19)17-13-11(15)6-9(14)7-12(13)16/h2-7,17H,16H2,1H3. The maximum atomic E-state index is 12.3. The summed E-state index contributed by atoms with van der Waals surface area (Å²) in [7, 11) is -3.75. The van der Waals surface area contributed by atoms with Gasteiger partial charge in [-0.1, -0.05) is 35.3 Å². The zero-order valence-corrected chi connectivity index (χ0v) is 12.9. The molecule has 0 unspecified atom stereocenters. The van der Waals surface area contributed by atoms with E-state index in [0.717, 1.165) is 5.56 Å². The lowest BCUT2D eigenvalue weighted by Gasteiger charge is -2.12. The van der Waals surface area contributed by atoms with Gasteiger partial charge in [-0.25, -0.2) is 8.42 Å². The Balaban J connectivity index is 2.44. The lowest BCUT2D eigenvalue weighted by molar-refractivity contribution is 0.601. The molecule has 2 rings (SSSR count). The van der Waals surface area contributed by atoms with Gasteiger partial charge in [0.05, 0.1) is 21.3 Å². The number of aryl methyl sites for hydroxylation is 1. The van der Waals surface area contributed by atoms with Crippen molar-refractivity contribution in [3.8, 4) is 0 Å². The average molecular weight is 331 g/mol. The Morgan fingerprint density at radius 1 is 1.15 bits per heavy atom. The summed E-state index contributed by atoms with van der Waals surface area (Å²) in [4.78, 5) is 0.142. The molecule has 0 aliphatic rings. The highest BCUT2D eigenvalue weighted by Gasteiger charge is 2.18. The van der Waals surface area contributed by atoms with Crippen LogP contribution in [0.15, 0.2) is 41.3 Å². The van der Waals surface area contributed by atoms with E-state index in [1.807, 2.05) is 13.0 Å². The van der Waals surface area contributed by atoms with Gasteiger partial charge >= 0.3 is 0 Å². The minimum Gasteiger partial charge on any atom is -0.397 e. The van der Waals surface area contributed by atoms with Crippen molar-refractivity contribution in [2.24, 2.45) is 0 Å². The predicted octanol–water partition coefficient (Wildman–Crippen LogP) is 3.68. The first-order valence-electron chi connectivity index (χ1n) is 5.63. The molecule has 0 saturated heterocycles. The Labute approximate surface area is 127 Å². The Morgan fingerprint density at radius 2 is 1.85 bits per heavy atom. The number of nitrogens with one attached hydrogen (secondary N) is 1. The zero-order valence-electron chi connectivity index (χ0n) is 10.5. The second kappa shape index (κ2) is 5.52. The van der Waals surface area contributed by atoms with Crippen LogP contribution in [0.5, 0.6) is 0 Å². The lowest BCUT2D eigenvalue weighted by Crippen LogP contribution is -2.14. The van der Waals surface area contributed by atoms with E-state index in [-0.39, 0.29) is 21.3 Å². The second-order valence-electron chi connectivity index (χ2n) is 4.27. The number of anilines is 2. The highest BCUT2D eigenvalue weighted by atomic mass is 35.5. The van der Waals surface area contributed by atoms with Crippen LogP contribution in [0.3, 0.4) is 0 Å². The molecule has 0 fully saturated rings. The summed E-state index contributed by atoms with van der Waals surface area (Å²) in [5.41, 5.74) is 6.87. The van der Waals surface area contributed by atoms with Gasteiger partial charge < -0.3 is 5.73 Å². The highest BCUT2D eigenvalue weighted by Crippen LogP contribution is 2.33. The fourth-order valence-corrected chi connectivity index (χ4v) is 3.50. The van der Waals surface area contributed by atoms with Crippen molar-refractivity contribution >= 4 is 44.6 Å². The minimum absolute atomic E-state index is 0.123. The van der Waals surface area contributed by atoms with Crippen molar-refractivity contribution < 1.29 is 8.42 Å². The first-order chi connectivity index (χ1) is 9.29. The molecule has 0 aromatic heterocycles. The summed E-state index contributed by atoms with van der Waals surface area (Å²) in [6, 6.07) is 9.38. The molecule has 0 atom stereocenters. The molecule has 2 aromatic carbocycles. The molecule has 7 heteroatoms. The summed E-state index contributed by atoms with van der Waals surface area (Å²) in [6.07, 6.45) is 0. The molecule has 20 heavy (non-hydrogen) atoms. The topological polar surface area (TPSA) is 72.2 Å². The van der Waals surface area contributed by atoms with Gasteiger partial charge in [0, 0.05) is 5.02 Å². The van der Waals surface area contributed by atoms with E-state index in [0.29, 0.717) is 5.02 Å². The quantitative estimate of drug-likeness (QED) is 0.843. The van der Waals surface area contributed by atoms with Crippen molar-refractivity contribution in [2.75, 3.05) is 10.5 Å². The van der Waals surface area contributed by atoms with Crippen molar-refractivity contribution in [2.45, 2.75) is 11.8 Å². The normalized spacial score (nSPS) is 11.3. The number of halogens is 2. The molecule has 0 aliphatic carbocycles. The van der Waals surface area contributed by atoms with Crippen molar-refractivity contribution in [1.29, 1.82) is 0 Å². The maximum Gasteiger partial charge on any atom is 0.262 e. The first kappa shape index (κ1) is 15.0. The van der Waals surface area contributed by atoms with Gasteiger partial charge in [0.15, 0.2) is 0 Å². The number of sulfonamides is 1. The van der Waals surface area contributed by atoms with Crippen molar-refractivity contribution in [3.05, 3.63) is 52.0 Å². The number of hydrogen-bond donors (Lipinski definition) is 2. The highest BCUT2D eigenvalue weighted by molar-refractivity contribution is 7.92. The van der Waals surface area contributed by atoms with Crippen LogP contribution < -0.4 is 10.5 Å². The summed E-state index contributed by atoms with van der Waals surface area (Å²) < 4.78 is 27.0. The van der Waals surface area contributed by atoms with Gasteiger partial charge in [0.25, 0.3) is 10.0 Å². The van der Waals surface area contributed by atoms with Crippen LogP contribution in [0, 0.1) is 6.92 Å². The van der Waals surface area contributed by atoms with E-state index in [2.05, 4.69) is 4.72 Å². The fraction of sp³-hybridized carbons (Fsp3) is 0.0769. The van der Waals surface area contributed by atoms with Crippen LogP contribution in [0.1, 0.15) is 5.56 Å². The maximum absolute atomic E-state index is 12.3. The second-order valence-corrected chi connectivity index (χ2v) is 6.80. The van der Waals surface area contributed by atoms with E-state index in [9.17, 15) is 8.42 Å². The average Bonchev–Trinajstić information content (AvgIpc) is 2.34. The zero-order chi connectivity index (χ0) is 14.9. The van der Waals surface area contributed by atoms with E-state index in [1.54, 1.807) is 12.1 Å². The molecule has 0 amide bonds. The third kappa shape index (κ3) is 3.17. The summed E-state index contributed by atoms with van der Waals surface area (Å²) in [6.45, 7) is 1.81. The SMILES string of the molecule is Cc1cccc(S(=O)(=O)Nc2c(N)cc(Cl)cc2Cl)c1.